The third-order valence-electron chi connectivity index (χ3n) is 3.30. The lowest BCUT2D eigenvalue weighted by molar-refractivity contribution is -0.150. The van der Waals surface area contributed by atoms with Crippen molar-refractivity contribution in [3.05, 3.63) is 0 Å². The normalized spacial score (nSPS) is 24.1. The molecule has 0 bridgehead atoms. The average Bonchev–Trinajstić information content (AvgIpc) is 2.28. The minimum atomic E-state index is -0.446. The fraction of sp³-hybridized carbons (Fsp3) is 0.923. The van der Waals surface area contributed by atoms with E-state index in [4.69, 9.17) is 14.2 Å². The zero-order valence-electron chi connectivity index (χ0n) is 11.5. The van der Waals surface area contributed by atoms with Crippen LogP contribution in [0.2, 0.25) is 0 Å². The molecule has 5 nitrogen and oxygen atoms in total. The van der Waals surface area contributed by atoms with Crippen molar-refractivity contribution in [2.24, 2.45) is 0 Å². The summed E-state index contributed by atoms with van der Waals surface area (Å²) in [6.45, 7) is 8.88. The van der Waals surface area contributed by atoms with Crippen LogP contribution in [0.1, 0.15) is 33.6 Å². The first-order valence-electron chi connectivity index (χ1n) is 6.60. The number of amides is 1. The number of nitrogens with zero attached hydrogens (tertiary/aromatic N) is 1. The largest absolute Gasteiger partial charge is 0.444 e. The molecular weight excluding hydrogens is 234 g/mol. The second kappa shape index (κ2) is 5.05. The average molecular weight is 257 g/mol. The molecule has 2 heterocycles. The Morgan fingerprint density at radius 1 is 1.22 bits per heavy atom. The molecule has 0 atom stereocenters. The minimum Gasteiger partial charge on any atom is -0.444 e. The Morgan fingerprint density at radius 3 is 2.50 bits per heavy atom. The van der Waals surface area contributed by atoms with Gasteiger partial charge in [-0.1, -0.05) is 0 Å². The molecule has 104 valence electrons. The van der Waals surface area contributed by atoms with E-state index in [9.17, 15) is 4.79 Å². The molecule has 2 fully saturated rings. The zero-order chi connectivity index (χ0) is 13.2. The van der Waals surface area contributed by atoms with Crippen molar-refractivity contribution in [3.63, 3.8) is 0 Å². The predicted molar refractivity (Wildman–Crippen MR) is 66.5 cm³/mol. The summed E-state index contributed by atoms with van der Waals surface area (Å²) in [4.78, 5) is 13.8. The van der Waals surface area contributed by atoms with Gasteiger partial charge in [0.2, 0.25) is 0 Å². The van der Waals surface area contributed by atoms with E-state index in [1.807, 2.05) is 20.8 Å². The highest BCUT2D eigenvalue weighted by Gasteiger charge is 2.40. The second-order valence-electron chi connectivity index (χ2n) is 6.05. The lowest BCUT2D eigenvalue weighted by Crippen LogP contribution is -2.56. The molecule has 1 amide bonds. The van der Waals surface area contributed by atoms with Gasteiger partial charge in [0.25, 0.3) is 0 Å². The van der Waals surface area contributed by atoms with E-state index in [-0.39, 0.29) is 11.7 Å². The molecule has 0 aromatic rings. The van der Waals surface area contributed by atoms with Crippen molar-refractivity contribution < 1.29 is 19.0 Å². The topological polar surface area (TPSA) is 48.0 Å². The fourth-order valence-corrected chi connectivity index (χ4v) is 2.37. The molecule has 0 aromatic heterocycles. The van der Waals surface area contributed by atoms with Crippen LogP contribution < -0.4 is 0 Å². The van der Waals surface area contributed by atoms with Crippen LogP contribution in [-0.4, -0.2) is 55.1 Å². The van der Waals surface area contributed by atoms with Crippen LogP contribution in [0.5, 0.6) is 0 Å². The van der Waals surface area contributed by atoms with Gasteiger partial charge in [0.1, 0.15) is 5.60 Å². The van der Waals surface area contributed by atoms with Crippen molar-refractivity contribution in [3.8, 4) is 0 Å². The van der Waals surface area contributed by atoms with Crippen LogP contribution in [0.25, 0.3) is 0 Å². The van der Waals surface area contributed by atoms with Gasteiger partial charge in [-0.05, 0) is 20.8 Å². The van der Waals surface area contributed by atoms with Crippen LogP contribution in [0.4, 0.5) is 4.79 Å². The number of carbonyl (C=O) groups excluding carboxylic acids is 1. The van der Waals surface area contributed by atoms with Gasteiger partial charge >= 0.3 is 6.09 Å². The van der Waals surface area contributed by atoms with Gasteiger partial charge in [-0.25, -0.2) is 4.79 Å². The number of ether oxygens (including phenoxy) is 3. The van der Waals surface area contributed by atoms with Crippen LogP contribution in [0.3, 0.4) is 0 Å². The van der Waals surface area contributed by atoms with Gasteiger partial charge in [0.15, 0.2) is 0 Å². The van der Waals surface area contributed by atoms with Crippen LogP contribution >= 0.6 is 0 Å². The Balaban J connectivity index is 1.95. The summed E-state index contributed by atoms with van der Waals surface area (Å²) in [5.41, 5.74) is -0.661. The Morgan fingerprint density at radius 2 is 1.89 bits per heavy atom. The summed E-state index contributed by atoms with van der Waals surface area (Å²) >= 11 is 0. The quantitative estimate of drug-likeness (QED) is 0.664. The fourth-order valence-electron chi connectivity index (χ4n) is 2.37. The van der Waals surface area contributed by atoms with E-state index < -0.39 is 5.60 Å². The molecule has 1 spiro atoms. The maximum absolute atomic E-state index is 12.1. The van der Waals surface area contributed by atoms with Crippen LogP contribution in [-0.2, 0) is 14.2 Å². The number of carbonyl (C=O) groups is 1. The van der Waals surface area contributed by atoms with Gasteiger partial charge < -0.3 is 19.1 Å². The minimum absolute atomic E-state index is 0.215. The van der Waals surface area contributed by atoms with E-state index in [1.54, 1.807) is 4.90 Å². The Bertz CT molecular complexity index is 299. The number of hydrogen-bond acceptors (Lipinski definition) is 4. The molecule has 0 unspecified atom stereocenters. The molecule has 18 heavy (non-hydrogen) atoms. The molecule has 0 N–H and O–H groups in total. The summed E-state index contributed by atoms with van der Waals surface area (Å²) in [5, 5.41) is 0. The number of rotatable bonds is 0. The molecule has 0 saturated carbocycles. The lowest BCUT2D eigenvalue weighted by Gasteiger charge is -2.44. The Hall–Kier alpha value is -0.810. The Kier molecular flexibility index (Phi) is 3.82. The highest BCUT2D eigenvalue weighted by atomic mass is 16.6. The van der Waals surface area contributed by atoms with Crippen LogP contribution in [0.15, 0.2) is 0 Å². The van der Waals surface area contributed by atoms with E-state index in [1.165, 1.54) is 0 Å². The van der Waals surface area contributed by atoms with Gasteiger partial charge in [0.05, 0.1) is 18.8 Å². The van der Waals surface area contributed by atoms with E-state index in [0.717, 1.165) is 12.8 Å². The monoisotopic (exact) mass is 257 g/mol. The highest BCUT2D eigenvalue weighted by Crippen LogP contribution is 2.29. The second-order valence-corrected chi connectivity index (χ2v) is 6.05. The number of morpholine rings is 1. The molecule has 0 aromatic carbocycles. The summed E-state index contributed by atoms with van der Waals surface area (Å²) in [7, 11) is 0. The van der Waals surface area contributed by atoms with Crippen molar-refractivity contribution in [2.45, 2.75) is 44.8 Å². The summed E-state index contributed by atoms with van der Waals surface area (Å²) in [6.07, 6.45) is 1.47. The molecule has 2 aliphatic heterocycles. The van der Waals surface area contributed by atoms with Gasteiger partial charge in [-0.15, -0.1) is 0 Å². The molecule has 2 saturated heterocycles. The van der Waals surface area contributed by atoms with Crippen LogP contribution in [0, 0.1) is 0 Å². The zero-order valence-corrected chi connectivity index (χ0v) is 11.5. The van der Waals surface area contributed by atoms with Gasteiger partial charge in [0, 0.05) is 32.6 Å². The summed E-state index contributed by atoms with van der Waals surface area (Å²) in [6, 6.07) is 0. The third-order valence-corrected chi connectivity index (χ3v) is 3.30. The molecule has 0 radical (unpaired) electrons. The first kappa shape index (κ1) is 13.6. The standard InChI is InChI=1S/C13H23NO4/c1-12(2,3)18-11(15)14-6-9-17-13(10-14)4-7-16-8-5-13/h4-10H2,1-3H3. The maximum atomic E-state index is 12.1. The molecule has 2 rings (SSSR count). The maximum Gasteiger partial charge on any atom is 0.410 e. The SMILES string of the molecule is CC(C)(C)OC(=O)N1CCOC2(CCOCC2)C1. The third kappa shape index (κ3) is 3.36. The van der Waals surface area contributed by atoms with Gasteiger partial charge in [-0.2, -0.15) is 0 Å². The highest BCUT2D eigenvalue weighted by molar-refractivity contribution is 5.68. The van der Waals surface area contributed by atoms with E-state index in [2.05, 4.69) is 0 Å². The van der Waals surface area contributed by atoms with Crippen molar-refractivity contribution in [2.75, 3.05) is 32.9 Å². The lowest BCUT2D eigenvalue weighted by atomic mass is 9.92. The first-order valence-corrected chi connectivity index (χ1v) is 6.60. The first-order chi connectivity index (χ1) is 8.40. The Labute approximate surface area is 108 Å². The summed E-state index contributed by atoms with van der Waals surface area (Å²) in [5.74, 6) is 0. The smallest absolute Gasteiger partial charge is 0.410 e. The molecule has 5 heteroatoms. The molecule has 0 aliphatic carbocycles. The molecular formula is C13H23NO4. The van der Waals surface area contributed by atoms with E-state index >= 15 is 0 Å². The molecule has 2 aliphatic rings. The summed E-state index contributed by atoms with van der Waals surface area (Å²) < 4.78 is 16.7. The predicted octanol–water partition coefficient (Wildman–Crippen LogP) is 1.80. The number of hydrogen-bond donors (Lipinski definition) is 0. The van der Waals surface area contributed by atoms with E-state index in [0.29, 0.717) is 32.9 Å². The van der Waals surface area contributed by atoms with Gasteiger partial charge in [-0.3, -0.25) is 0 Å². The van der Waals surface area contributed by atoms with Crippen molar-refractivity contribution in [1.29, 1.82) is 0 Å². The van der Waals surface area contributed by atoms with Crippen molar-refractivity contribution >= 4 is 6.09 Å². The van der Waals surface area contributed by atoms with Crippen molar-refractivity contribution in [1.82, 2.24) is 4.90 Å².